The predicted molar refractivity (Wildman–Crippen MR) is 82.6 cm³/mol. The molecule has 0 aliphatic heterocycles. The number of aromatic nitrogens is 2. The highest BCUT2D eigenvalue weighted by Gasteiger charge is 2.31. The Morgan fingerprint density at radius 3 is 2.75 bits per heavy atom. The fraction of sp³-hybridized carbons (Fsp3) is 0.375. The molecule has 24 heavy (non-hydrogen) atoms. The maximum Gasteiger partial charge on any atom is 0.408 e. The van der Waals surface area contributed by atoms with E-state index < -0.39 is 18.8 Å². The van der Waals surface area contributed by atoms with Gasteiger partial charge in [-0.3, -0.25) is 4.68 Å². The number of para-hydroxylation sites is 1. The summed E-state index contributed by atoms with van der Waals surface area (Å²) >= 11 is 0. The van der Waals surface area contributed by atoms with Crippen molar-refractivity contribution in [1.82, 2.24) is 15.1 Å². The van der Waals surface area contributed by atoms with Gasteiger partial charge in [0.25, 0.3) is 0 Å². The quantitative estimate of drug-likeness (QED) is 0.897. The summed E-state index contributed by atoms with van der Waals surface area (Å²) in [5.41, 5.74) is 1.93. The number of nitrogens with one attached hydrogen (secondary N) is 2. The SMILES string of the molecule is O=C(Nc1ccccc1)N[C@H]1CCCc2cn(CC(F)(F)F)nc21. The van der Waals surface area contributed by atoms with Crippen LogP contribution < -0.4 is 10.6 Å². The van der Waals surface area contributed by atoms with E-state index in [-0.39, 0.29) is 6.04 Å². The number of halogens is 3. The molecule has 2 aromatic rings. The van der Waals surface area contributed by atoms with Crippen molar-refractivity contribution in [1.29, 1.82) is 0 Å². The third-order valence-electron chi connectivity index (χ3n) is 3.82. The molecule has 2 N–H and O–H groups in total. The lowest BCUT2D eigenvalue weighted by Crippen LogP contribution is -2.34. The molecule has 1 aromatic carbocycles. The van der Waals surface area contributed by atoms with Crippen molar-refractivity contribution in [3.8, 4) is 0 Å². The van der Waals surface area contributed by atoms with Crippen LogP contribution in [0.5, 0.6) is 0 Å². The van der Waals surface area contributed by atoms with Gasteiger partial charge >= 0.3 is 12.2 Å². The Labute approximate surface area is 136 Å². The monoisotopic (exact) mass is 338 g/mol. The summed E-state index contributed by atoms with van der Waals surface area (Å²) in [5.74, 6) is 0. The molecule has 0 saturated heterocycles. The third kappa shape index (κ3) is 4.06. The number of hydrogen-bond acceptors (Lipinski definition) is 2. The number of fused-ring (bicyclic) bond motifs is 1. The smallest absolute Gasteiger partial charge is 0.329 e. The molecule has 0 fully saturated rings. The van der Waals surface area contributed by atoms with E-state index in [1.807, 2.05) is 6.07 Å². The summed E-state index contributed by atoms with van der Waals surface area (Å²) in [4.78, 5) is 12.1. The first kappa shape index (κ1) is 16.4. The standard InChI is InChI=1S/C16H17F3N4O/c17-16(18,19)10-23-9-11-5-4-8-13(14(11)22-23)21-15(24)20-12-6-2-1-3-7-12/h1-3,6-7,9,13H,4-5,8,10H2,(H2,20,21,24)/t13-/m0/s1. The molecule has 2 amide bonds. The van der Waals surface area contributed by atoms with E-state index in [2.05, 4.69) is 15.7 Å². The van der Waals surface area contributed by atoms with Gasteiger partial charge in [0.2, 0.25) is 0 Å². The molecule has 3 rings (SSSR count). The van der Waals surface area contributed by atoms with Crippen LogP contribution in [0.1, 0.15) is 30.1 Å². The number of alkyl halides is 3. The number of anilines is 1. The van der Waals surface area contributed by atoms with Crippen molar-refractivity contribution in [3.63, 3.8) is 0 Å². The minimum atomic E-state index is -4.32. The minimum Gasteiger partial charge on any atom is -0.329 e. The van der Waals surface area contributed by atoms with E-state index in [1.165, 1.54) is 6.20 Å². The van der Waals surface area contributed by atoms with Gasteiger partial charge < -0.3 is 10.6 Å². The van der Waals surface area contributed by atoms with Crippen molar-refractivity contribution in [2.45, 2.75) is 38.0 Å². The van der Waals surface area contributed by atoms with Gasteiger partial charge in [0, 0.05) is 11.9 Å². The summed E-state index contributed by atoms with van der Waals surface area (Å²) in [6, 6.07) is 8.16. The number of benzene rings is 1. The highest BCUT2D eigenvalue weighted by molar-refractivity contribution is 5.89. The number of nitrogens with zero attached hydrogens (tertiary/aromatic N) is 2. The number of aryl methyl sites for hydroxylation is 1. The fourth-order valence-electron chi connectivity index (χ4n) is 2.85. The van der Waals surface area contributed by atoms with Gasteiger partial charge in [-0.25, -0.2) is 4.79 Å². The Hall–Kier alpha value is -2.51. The number of carbonyl (C=O) groups is 1. The molecule has 8 heteroatoms. The van der Waals surface area contributed by atoms with Crippen LogP contribution in [-0.2, 0) is 13.0 Å². The Balaban J connectivity index is 1.69. The molecule has 128 valence electrons. The summed E-state index contributed by atoms with van der Waals surface area (Å²) in [7, 11) is 0. The number of carbonyl (C=O) groups excluding carboxylic acids is 1. The van der Waals surface area contributed by atoms with Crippen molar-refractivity contribution < 1.29 is 18.0 Å². The summed E-state index contributed by atoms with van der Waals surface area (Å²) in [5, 5.41) is 9.52. The van der Waals surface area contributed by atoms with Crippen molar-refractivity contribution in [2.75, 3.05) is 5.32 Å². The number of rotatable bonds is 3. The Bertz CT molecular complexity index is 712. The molecular formula is C16H17F3N4O. The Morgan fingerprint density at radius 1 is 1.29 bits per heavy atom. The van der Waals surface area contributed by atoms with E-state index in [0.717, 1.165) is 16.7 Å². The second kappa shape index (κ2) is 6.54. The van der Waals surface area contributed by atoms with Gasteiger partial charge in [-0.05, 0) is 37.0 Å². The second-order valence-corrected chi connectivity index (χ2v) is 5.76. The molecule has 1 aliphatic carbocycles. The molecule has 0 unspecified atom stereocenters. The topological polar surface area (TPSA) is 59.0 Å². The molecule has 1 aliphatic rings. The average Bonchev–Trinajstić information content (AvgIpc) is 2.89. The largest absolute Gasteiger partial charge is 0.408 e. The van der Waals surface area contributed by atoms with Gasteiger partial charge in [-0.2, -0.15) is 18.3 Å². The van der Waals surface area contributed by atoms with Crippen LogP contribution in [0, 0.1) is 0 Å². The first-order valence-corrected chi connectivity index (χ1v) is 7.66. The van der Waals surface area contributed by atoms with E-state index in [1.54, 1.807) is 24.3 Å². The number of amides is 2. The van der Waals surface area contributed by atoms with Crippen molar-refractivity contribution in [2.24, 2.45) is 0 Å². The fourth-order valence-corrected chi connectivity index (χ4v) is 2.85. The molecule has 0 saturated carbocycles. The molecule has 1 aromatic heterocycles. The Kier molecular flexibility index (Phi) is 4.46. The van der Waals surface area contributed by atoms with Crippen molar-refractivity contribution >= 4 is 11.7 Å². The highest BCUT2D eigenvalue weighted by atomic mass is 19.4. The van der Waals surface area contributed by atoms with Crippen LogP contribution in [0.25, 0.3) is 0 Å². The van der Waals surface area contributed by atoms with Crippen LogP contribution >= 0.6 is 0 Å². The second-order valence-electron chi connectivity index (χ2n) is 5.76. The highest BCUT2D eigenvalue weighted by Crippen LogP contribution is 2.29. The van der Waals surface area contributed by atoms with Crippen LogP contribution in [0.2, 0.25) is 0 Å². The minimum absolute atomic E-state index is 0.382. The predicted octanol–water partition coefficient (Wildman–Crippen LogP) is 3.64. The van der Waals surface area contributed by atoms with E-state index in [9.17, 15) is 18.0 Å². The maximum absolute atomic E-state index is 12.5. The van der Waals surface area contributed by atoms with Gasteiger partial charge in [0.15, 0.2) is 0 Å². The molecule has 0 radical (unpaired) electrons. The van der Waals surface area contributed by atoms with E-state index in [0.29, 0.717) is 24.2 Å². The summed E-state index contributed by atoms with van der Waals surface area (Å²) < 4.78 is 38.4. The first-order valence-electron chi connectivity index (χ1n) is 7.66. The van der Waals surface area contributed by atoms with E-state index in [4.69, 9.17) is 0 Å². The molecule has 1 heterocycles. The molecule has 0 bridgehead atoms. The van der Waals surface area contributed by atoms with Gasteiger partial charge in [0.1, 0.15) is 6.54 Å². The summed E-state index contributed by atoms with van der Waals surface area (Å²) in [6.45, 7) is -1.12. The zero-order valence-corrected chi connectivity index (χ0v) is 12.8. The molecule has 0 spiro atoms. The van der Waals surface area contributed by atoms with Gasteiger partial charge in [-0.1, -0.05) is 18.2 Å². The average molecular weight is 338 g/mol. The number of hydrogen-bond donors (Lipinski definition) is 2. The van der Waals surface area contributed by atoms with Gasteiger partial charge in [0.05, 0.1) is 11.7 Å². The van der Waals surface area contributed by atoms with Crippen molar-refractivity contribution in [3.05, 3.63) is 47.8 Å². The normalized spacial score (nSPS) is 17.2. The van der Waals surface area contributed by atoms with Crippen LogP contribution in [0.3, 0.4) is 0 Å². The van der Waals surface area contributed by atoms with Crippen LogP contribution in [0.4, 0.5) is 23.7 Å². The van der Waals surface area contributed by atoms with Crippen LogP contribution in [-0.4, -0.2) is 22.0 Å². The number of urea groups is 1. The molecule has 1 atom stereocenters. The van der Waals surface area contributed by atoms with E-state index >= 15 is 0 Å². The molecule has 5 nitrogen and oxygen atoms in total. The maximum atomic E-state index is 12.5. The zero-order chi connectivity index (χ0) is 17.2. The summed E-state index contributed by atoms with van der Waals surface area (Å²) in [6.07, 6.45) is -0.779. The Morgan fingerprint density at radius 2 is 2.04 bits per heavy atom. The van der Waals surface area contributed by atoms with Crippen LogP contribution in [0.15, 0.2) is 36.5 Å². The zero-order valence-electron chi connectivity index (χ0n) is 12.8. The first-order chi connectivity index (χ1) is 11.4. The lowest BCUT2D eigenvalue weighted by molar-refractivity contribution is -0.142. The molecular weight excluding hydrogens is 321 g/mol. The lowest BCUT2D eigenvalue weighted by Gasteiger charge is -2.22. The third-order valence-corrected chi connectivity index (χ3v) is 3.82. The lowest BCUT2D eigenvalue weighted by atomic mass is 9.94. The van der Waals surface area contributed by atoms with Gasteiger partial charge in [-0.15, -0.1) is 0 Å².